The van der Waals surface area contributed by atoms with Gasteiger partial charge in [-0.1, -0.05) is 48.6 Å². The van der Waals surface area contributed by atoms with Crippen molar-refractivity contribution in [3.05, 3.63) is 48.6 Å². The van der Waals surface area contributed by atoms with Crippen molar-refractivity contribution >= 4 is 0 Å². The zero-order valence-corrected chi connectivity index (χ0v) is 11.1. The van der Waals surface area contributed by atoms with E-state index in [9.17, 15) is 0 Å². The molecular formula is C16H27N. The predicted octanol–water partition coefficient (Wildman–Crippen LogP) is 4.53. The lowest BCUT2D eigenvalue weighted by atomic mass is 10.2. The minimum Gasteiger partial charge on any atom is -0.330 e. The summed E-state index contributed by atoms with van der Waals surface area (Å²) in [6, 6.07) is 0. The summed E-state index contributed by atoms with van der Waals surface area (Å²) in [6.45, 7) is 2.85. The molecule has 0 amide bonds. The molecule has 0 aromatic heterocycles. The molecule has 96 valence electrons. The van der Waals surface area contributed by atoms with Gasteiger partial charge in [0.2, 0.25) is 0 Å². The van der Waals surface area contributed by atoms with Crippen molar-refractivity contribution in [3.8, 4) is 0 Å². The molecule has 0 rings (SSSR count). The average Bonchev–Trinajstić information content (AvgIpc) is 2.35. The Kier molecular flexibility index (Phi) is 14.0. The second kappa shape index (κ2) is 14.9. The standard InChI is InChI=1S/C16H27N/c1-2-3-4-5-6-7-8-9-10-11-12-13-14-15-16-17/h2-3,5-6,8-9,12-13H,4,7,10-11,14-17H2,1H3. The van der Waals surface area contributed by atoms with Gasteiger partial charge in [0.05, 0.1) is 0 Å². The molecule has 0 aliphatic heterocycles. The summed E-state index contributed by atoms with van der Waals surface area (Å²) < 4.78 is 0. The number of nitrogens with two attached hydrogens (primary N) is 1. The van der Waals surface area contributed by atoms with Crippen molar-refractivity contribution < 1.29 is 0 Å². The molecule has 0 radical (unpaired) electrons. The number of rotatable bonds is 10. The van der Waals surface area contributed by atoms with E-state index >= 15 is 0 Å². The molecular weight excluding hydrogens is 206 g/mol. The fraction of sp³-hybridized carbons (Fsp3) is 0.500. The quantitative estimate of drug-likeness (QED) is 0.435. The Bertz CT molecular complexity index is 246. The Morgan fingerprint density at radius 1 is 0.706 bits per heavy atom. The van der Waals surface area contributed by atoms with Crippen LogP contribution in [0.4, 0.5) is 0 Å². The molecule has 0 aromatic rings. The van der Waals surface area contributed by atoms with Gasteiger partial charge in [-0.2, -0.15) is 0 Å². The van der Waals surface area contributed by atoms with Crippen LogP contribution in [0.25, 0.3) is 0 Å². The Hall–Kier alpha value is -1.08. The monoisotopic (exact) mass is 233 g/mol. The molecule has 0 spiro atoms. The van der Waals surface area contributed by atoms with E-state index in [1.807, 2.05) is 0 Å². The largest absolute Gasteiger partial charge is 0.330 e. The average molecular weight is 233 g/mol. The van der Waals surface area contributed by atoms with Gasteiger partial charge in [0.25, 0.3) is 0 Å². The van der Waals surface area contributed by atoms with Gasteiger partial charge in [-0.15, -0.1) is 0 Å². The molecule has 0 fully saturated rings. The Labute approximate surface area is 107 Å². The van der Waals surface area contributed by atoms with Crippen molar-refractivity contribution in [2.45, 2.75) is 45.4 Å². The highest BCUT2D eigenvalue weighted by molar-refractivity contribution is 4.97. The molecule has 0 heterocycles. The third-order valence-corrected chi connectivity index (χ3v) is 2.35. The summed E-state index contributed by atoms with van der Waals surface area (Å²) >= 11 is 0. The number of hydrogen-bond donors (Lipinski definition) is 1. The van der Waals surface area contributed by atoms with Crippen LogP contribution in [-0.2, 0) is 0 Å². The lowest BCUT2D eigenvalue weighted by Gasteiger charge is -1.89. The minimum absolute atomic E-state index is 0.795. The topological polar surface area (TPSA) is 26.0 Å². The van der Waals surface area contributed by atoms with E-state index in [-0.39, 0.29) is 0 Å². The molecule has 17 heavy (non-hydrogen) atoms. The van der Waals surface area contributed by atoms with Gasteiger partial charge in [-0.25, -0.2) is 0 Å². The molecule has 0 aliphatic carbocycles. The first kappa shape index (κ1) is 15.9. The lowest BCUT2D eigenvalue weighted by Crippen LogP contribution is -1.96. The summed E-state index contributed by atoms with van der Waals surface area (Å²) in [5, 5.41) is 0. The van der Waals surface area contributed by atoms with E-state index < -0.39 is 0 Å². The van der Waals surface area contributed by atoms with Crippen LogP contribution in [0.3, 0.4) is 0 Å². The van der Waals surface area contributed by atoms with Crippen LogP contribution in [0.15, 0.2) is 48.6 Å². The first-order valence-electron chi connectivity index (χ1n) is 6.68. The summed E-state index contributed by atoms with van der Waals surface area (Å²) in [4.78, 5) is 0. The van der Waals surface area contributed by atoms with Gasteiger partial charge in [0.15, 0.2) is 0 Å². The number of unbranched alkanes of at least 4 members (excludes halogenated alkanes) is 2. The third-order valence-electron chi connectivity index (χ3n) is 2.35. The van der Waals surface area contributed by atoms with Crippen LogP contribution in [0.1, 0.15) is 45.4 Å². The van der Waals surface area contributed by atoms with E-state index in [0.717, 1.165) is 45.1 Å². The van der Waals surface area contributed by atoms with E-state index in [1.54, 1.807) is 0 Å². The fourth-order valence-electron chi connectivity index (χ4n) is 1.36. The van der Waals surface area contributed by atoms with Gasteiger partial charge >= 0.3 is 0 Å². The van der Waals surface area contributed by atoms with Crippen molar-refractivity contribution in [2.75, 3.05) is 6.54 Å². The van der Waals surface area contributed by atoms with E-state index in [4.69, 9.17) is 5.73 Å². The molecule has 0 bridgehead atoms. The molecule has 0 aliphatic rings. The van der Waals surface area contributed by atoms with E-state index in [0.29, 0.717) is 0 Å². The molecule has 1 heteroatoms. The summed E-state index contributed by atoms with van der Waals surface area (Å²) in [7, 11) is 0. The second-order valence-corrected chi connectivity index (χ2v) is 3.96. The Morgan fingerprint density at radius 3 is 1.88 bits per heavy atom. The van der Waals surface area contributed by atoms with Gasteiger partial charge in [0.1, 0.15) is 0 Å². The molecule has 0 saturated heterocycles. The zero-order chi connectivity index (χ0) is 12.6. The normalized spacial score (nSPS) is 12.8. The van der Waals surface area contributed by atoms with Crippen molar-refractivity contribution in [3.63, 3.8) is 0 Å². The first-order chi connectivity index (χ1) is 8.41. The number of allylic oxidation sites excluding steroid dienone is 8. The number of hydrogen-bond acceptors (Lipinski definition) is 1. The fourth-order valence-corrected chi connectivity index (χ4v) is 1.36. The Balaban J connectivity index is 3.30. The van der Waals surface area contributed by atoms with Crippen LogP contribution in [0.5, 0.6) is 0 Å². The molecule has 0 aromatic carbocycles. The third kappa shape index (κ3) is 14.9. The predicted molar refractivity (Wildman–Crippen MR) is 79.0 cm³/mol. The van der Waals surface area contributed by atoms with Crippen LogP contribution >= 0.6 is 0 Å². The molecule has 2 N–H and O–H groups in total. The van der Waals surface area contributed by atoms with Crippen molar-refractivity contribution in [1.29, 1.82) is 0 Å². The van der Waals surface area contributed by atoms with Crippen LogP contribution in [-0.4, -0.2) is 6.54 Å². The summed E-state index contributed by atoms with van der Waals surface area (Å²) in [5.74, 6) is 0. The summed E-state index contributed by atoms with van der Waals surface area (Å²) in [5.41, 5.74) is 5.41. The van der Waals surface area contributed by atoms with Crippen LogP contribution in [0.2, 0.25) is 0 Å². The molecule has 1 nitrogen and oxygen atoms in total. The van der Waals surface area contributed by atoms with E-state index in [2.05, 4.69) is 55.5 Å². The van der Waals surface area contributed by atoms with Crippen LogP contribution < -0.4 is 5.73 Å². The Morgan fingerprint density at radius 2 is 1.24 bits per heavy atom. The lowest BCUT2D eigenvalue weighted by molar-refractivity contribution is 0.850. The summed E-state index contributed by atoms with van der Waals surface area (Å²) in [6.07, 6.45) is 24.2. The zero-order valence-electron chi connectivity index (χ0n) is 11.1. The smallest absolute Gasteiger partial charge is 0.00743 e. The van der Waals surface area contributed by atoms with Gasteiger partial charge in [0, 0.05) is 0 Å². The SMILES string of the molecule is CC=CCC=CCC=CCCC=CCCCN. The van der Waals surface area contributed by atoms with Gasteiger partial charge in [-0.3, -0.25) is 0 Å². The van der Waals surface area contributed by atoms with E-state index in [1.165, 1.54) is 0 Å². The van der Waals surface area contributed by atoms with Crippen molar-refractivity contribution in [1.82, 2.24) is 0 Å². The minimum atomic E-state index is 0.795. The maximum absolute atomic E-state index is 5.41. The highest BCUT2D eigenvalue weighted by atomic mass is 14.5. The highest BCUT2D eigenvalue weighted by Crippen LogP contribution is 1.98. The molecule has 0 saturated carbocycles. The van der Waals surface area contributed by atoms with Gasteiger partial charge < -0.3 is 5.73 Å². The van der Waals surface area contributed by atoms with Crippen molar-refractivity contribution in [2.24, 2.45) is 5.73 Å². The molecule has 0 unspecified atom stereocenters. The van der Waals surface area contributed by atoms with Crippen LogP contribution in [0, 0.1) is 0 Å². The highest BCUT2D eigenvalue weighted by Gasteiger charge is 1.79. The maximum atomic E-state index is 5.41. The maximum Gasteiger partial charge on any atom is -0.00743 e. The van der Waals surface area contributed by atoms with Gasteiger partial charge in [-0.05, 0) is 52.0 Å². The second-order valence-electron chi connectivity index (χ2n) is 3.96. The molecule has 0 atom stereocenters. The first-order valence-corrected chi connectivity index (χ1v) is 6.68.